The van der Waals surface area contributed by atoms with Crippen molar-refractivity contribution in [1.82, 2.24) is 19.7 Å². The molecule has 1 aliphatic rings. The van der Waals surface area contributed by atoms with Crippen LogP contribution < -0.4 is 9.64 Å². The first-order valence-electron chi connectivity index (χ1n) is 10.2. The Kier molecular flexibility index (Phi) is 7.81. The Balaban J connectivity index is 0.00000132. The van der Waals surface area contributed by atoms with Crippen molar-refractivity contribution >= 4 is 17.5 Å². The van der Waals surface area contributed by atoms with E-state index in [1.807, 2.05) is 30.5 Å². The van der Waals surface area contributed by atoms with E-state index in [4.69, 9.17) is 21.1 Å². The summed E-state index contributed by atoms with van der Waals surface area (Å²) in [6.07, 6.45) is 2.55. The van der Waals surface area contributed by atoms with Gasteiger partial charge >= 0.3 is 0 Å². The first-order chi connectivity index (χ1) is 15.1. The van der Waals surface area contributed by atoms with Crippen LogP contribution in [-0.4, -0.2) is 47.1 Å². The van der Waals surface area contributed by atoms with Gasteiger partial charge in [0.15, 0.2) is 5.82 Å². The molecule has 0 spiro atoms. The Morgan fingerprint density at radius 2 is 1.97 bits per heavy atom. The van der Waals surface area contributed by atoms with Crippen molar-refractivity contribution in [2.45, 2.75) is 32.8 Å². The van der Waals surface area contributed by atoms with E-state index < -0.39 is 5.82 Å². The molecule has 7 nitrogen and oxygen atoms in total. The number of halogens is 2. The maximum absolute atomic E-state index is 13.9. The van der Waals surface area contributed by atoms with Crippen molar-refractivity contribution in [2.24, 2.45) is 0 Å². The van der Waals surface area contributed by atoms with Crippen LogP contribution in [0.5, 0.6) is 5.88 Å². The van der Waals surface area contributed by atoms with E-state index in [9.17, 15) is 4.39 Å². The van der Waals surface area contributed by atoms with Gasteiger partial charge in [-0.05, 0) is 24.1 Å². The van der Waals surface area contributed by atoms with Crippen LogP contribution in [0.2, 0.25) is 5.02 Å². The molecule has 3 aromatic rings. The molecule has 1 unspecified atom stereocenters. The molecule has 31 heavy (non-hydrogen) atoms. The summed E-state index contributed by atoms with van der Waals surface area (Å²) in [5.41, 5.74) is 1.63. The first kappa shape index (κ1) is 23.0. The molecular formula is C22H27ClFN5O2. The summed E-state index contributed by atoms with van der Waals surface area (Å²) in [4.78, 5) is 6.42. The number of hydrogen-bond donors (Lipinski definition) is 0. The smallest absolute Gasteiger partial charge is 0.232 e. The standard InChI is InChI=1S/C20H21ClFN5O2.C2H6/c1-28-12-17-24-25-20(27(17)14-6-7-18(29-2)23-10-14)26-9-8-13(11-26)15-4-3-5-16(22)19(15)21;1-2/h3-7,10,13H,8-9,11-12H2,1-2H3;1-2H3. The second kappa shape index (κ2) is 10.5. The lowest BCUT2D eigenvalue weighted by Gasteiger charge is -2.20. The lowest BCUT2D eigenvalue weighted by Crippen LogP contribution is -2.23. The van der Waals surface area contributed by atoms with Crippen LogP contribution in [-0.2, 0) is 11.3 Å². The highest BCUT2D eigenvalue weighted by molar-refractivity contribution is 6.31. The van der Waals surface area contributed by atoms with Crippen molar-refractivity contribution in [3.05, 3.63) is 58.8 Å². The molecule has 9 heteroatoms. The summed E-state index contributed by atoms with van der Waals surface area (Å²) in [6, 6.07) is 8.64. The van der Waals surface area contributed by atoms with E-state index >= 15 is 0 Å². The highest BCUT2D eigenvalue weighted by atomic mass is 35.5. The molecule has 1 saturated heterocycles. The Bertz CT molecular complexity index is 996. The minimum Gasteiger partial charge on any atom is -0.481 e. The second-order valence-corrected chi connectivity index (χ2v) is 7.20. The first-order valence-corrected chi connectivity index (χ1v) is 10.6. The zero-order valence-electron chi connectivity index (χ0n) is 18.2. The van der Waals surface area contributed by atoms with Gasteiger partial charge in [-0.25, -0.2) is 9.37 Å². The van der Waals surface area contributed by atoms with E-state index in [1.165, 1.54) is 6.07 Å². The van der Waals surface area contributed by atoms with Crippen LogP contribution in [0.3, 0.4) is 0 Å². The van der Waals surface area contributed by atoms with Crippen molar-refractivity contribution in [3.8, 4) is 11.6 Å². The number of anilines is 1. The van der Waals surface area contributed by atoms with E-state index in [-0.39, 0.29) is 10.9 Å². The van der Waals surface area contributed by atoms with E-state index in [1.54, 1.807) is 32.5 Å². The maximum atomic E-state index is 13.9. The predicted molar refractivity (Wildman–Crippen MR) is 119 cm³/mol. The summed E-state index contributed by atoms with van der Waals surface area (Å²) >= 11 is 6.20. The molecule has 1 aromatic carbocycles. The fourth-order valence-corrected chi connectivity index (χ4v) is 3.94. The average Bonchev–Trinajstić information content (AvgIpc) is 3.45. The van der Waals surface area contributed by atoms with Gasteiger partial charge in [-0.2, -0.15) is 0 Å². The van der Waals surface area contributed by atoms with Crippen molar-refractivity contribution in [2.75, 3.05) is 32.2 Å². The molecule has 0 N–H and O–H groups in total. The molecule has 0 aliphatic carbocycles. The number of benzene rings is 1. The second-order valence-electron chi connectivity index (χ2n) is 6.82. The van der Waals surface area contributed by atoms with Gasteiger partial charge in [-0.1, -0.05) is 37.6 Å². The van der Waals surface area contributed by atoms with Crippen LogP contribution in [0.15, 0.2) is 36.5 Å². The summed E-state index contributed by atoms with van der Waals surface area (Å²) in [5, 5.41) is 8.89. The lowest BCUT2D eigenvalue weighted by atomic mass is 9.98. The molecule has 3 heterocycles. The number of hydrogen-bond acceptors (Lipinski definition) is 6. The zero-order chi connectivity index (χ0) is 22.4. The number of rotatable bonds is 6. The Labute approximate surface area is 186 Å². The molecular weight excluding hydrogens is 421 g/mol. The molecule has 0 saturated carbocycles. The minimum atomic E-state index is -0.391. The van der Waals surface area contributed by atoms with Gasteiger partial charge in [0, 0.05) is 32.2 Å². The Morgan fingerprint density at radius 1 is 1.16 bits per heavy atom. The quantitative estimate of drug-likeness (QED) is 0.549. The molecule has 4 rings (SSSR count). The van der Waals surface area contributed by atoms with Crippen LogP contribution >= 0.6 is 11.6 Å². The summed E-state index contributed by atoms with van der Waals surface area (Å²) in [6.45, 7) is 5.73. The molecule has 0 bridgehead atoms. The van der Waals surface area contributed by atoms with Crippen molar-refractivity contribution < 1.29 is 13.9 Å². The van der Waals surface area contributed by atoms with Gasteiger partial charge in [-0.3, -0.25) is 4.57 Å². The van der Waals surface area contributed by atoms with Gasteiger partial charge in [0.05, 0.1) is 24.0 Å². The van der Waals surface area contributed by atoms with Crippen LogP contribution in [0.1, 0.15) is 37.6 Å². The molecule has 0 radical (unpaired) electrons. The Hall–Kier alpha value is -2.71. The third-order valence-electron chi connectivity index (χ3n) is 5.07. The average molecular weight is 448 g/mol. The topological polar surface area (TPSA) is 65.3 Å². The number of ether oxygens (including phenoxy) is 2. The van der Waals surface area contributed by atoms with Crippen molar-refractivity contribution in [1.29, 1.82) is 0 Å². The number of methoxy groups -OCH3 is 2. The minimum absolute atomic E-state index is 0.114. The third kappa shape index (κ3) is 4.80. The highest BCUT2D eigenvalue weighted by Crippen LogP contribution is 2.35. The summed E-state index contributed by atoms with van der Waals surface area (Å²) in [5.74, 6) is 1.61. The van der Waals surface area contributed by atoms with Crippen LogP contribution in [0.25, 0.3) is 5.69 Å². The van der Waals surface area contributed by atoms with E-state index in [0.29, 0.717) is 30.8 Å². The fraction of sp³-hybridized carbons (Fsp3) is 0.409. The lowest BCUT2D eigenvalue weighted by molar-refractivity contribution is 0.176. The SMILES string of the molecule is CC.COCc1nnc(N2CCC(c3cccc(F)c3Cl)C2)n1-c1ccc(OC)nc1. The molecule has 1 atom stereocenters. The van der Waals surface area contributed by atoms with Crippen molar-refractivity contribution in [3.63, 3.8) is 0 Å². The Morgan fingerprint density at radius 3 is 2.65 bits per heavy atom. The predicted octanol–water partition coefficient (Wildman–Crippen LogP) is 4.63. The fourth-order valence-electron chi connectivity index (χ4n) is 3.66. The number of nitrogens with zero attached hydrogens (tertiary/aromatic N) is 5. The third-order valence-corrected chi connectivity index (χ3v) is 5.47. The molecule has 1 aliphatic heterocycles. The van der Waals surface area contributed by atoms with Gasteiger partial charge in [0.1, 0.15) is 12.4 Å². The monoisotopic (exact) mass is 447 g/mol. The maximum Gasteiger partial charge on any atom is 0.232 e. The van der Waals surface area contributed by atoms with Crippen LogP contribution in [0, 0.1) is 5.82 Å². The van der Waals surface area contributed by atoms with Gasteiger partial charge in [0.25, 0.3) is 0 Å². The van der Waals surface area contributed by atoms with Gasteiger partial charge in [0.2, 0.25) is 11.8 Å². The molecule has 166 valence electrons. The highest BCUT2D eigenvalue weighted by Gasteiger charge is 2.30. The largest absolute Gasteiger partial charge is 0.481 e. The van der Waals surface area contributed by atoms with E-state index in [0.717, 1.165) is 24.2 Å². The molecule has 2 aromatic heterocycles. The molecule has 0 amide bonds. The normalized spacial score (nSPS) is 15.5. The van der Waals surface area contributed by atoms with Gasteiger partial charge < -0.3 is 14.4 Å². The zero-order valence-corrected chi connectivity index (χ0v) is 18.9. The molecule has 1 fully saturated rings. The van der Waals surface area contributed by atoms with E-state index in [2.05, 4.69) is 20.1 Å². The number of pyridine rings is 1. The summed E-state index contributed by atoms with van der Waals surface area (Å²) in [7, 11) is 3.19. The summed E-state index contributed by atoms with van der Waals surface area (Å²) < 4.78 is 26.2. The van der Waals surface area contributed by atoms with Crippen LogP contribution in [0.4, 0.5) is 10.3 Å². The van der Waals surface area contributed by atoms with Gasteiger partial charge in [-0.15, -0.1) is 10.2 Å². The number of aromatic nitrogens is 4.